The first-order valence-electron chi connectivity index (χ1n) is 12.7. The molecular formula is C29H31F2N3O3. The molecule has 2 N–H and O–H groups in total. The van der Waals surface area contributed by atoms with E-state index in [4.69, 9.17) is 9.47 Å². The van der Waals surface area contributed by atoms with Gasteiger partial charge < -0.3 is 25.0 Å². The van der Waals surface area contributed by atoms with Crippen LogP contribution in [0.3, 0.4) is 0 Å². The molecule has 2 fully saturated rings. The molecule has 2 aliphatic rings. The number of piperazine rings is 1. The number of hydrogen-bond acceptors (Lipinski definition) is 5. The second kappa shape index (κ2) is 11.2. The molecule has 1 amide bonds. The summed E-state index contributed by atoms with van der Waals surface area (Å²) in [6.07, 6.45) is 2.84. The molecule has 6 nitrogen and oxygen atoms in total. The molecule has 1 heterocycles. The summed E-state index contributed by atoms with van der Waals surface area (Å²) in [6, 6.07) is 20.6. The van der Waals surface area contributed by atoms with Gasteiger partial charge in [0.25, 0.3) is 0 Å². The Balaban J connectivity index is 1.15. The summed E-state index contributed by atoms with van der Waals surface area (Å²) >= 11 is 0. The van der Waals surface area contributed by atoms with Crippen molar-refractivity contribution in [2.75, 3.05) is 37.7 Å². The summed E-state index contributed by atoms with van der Waals surface area (Å²) in [7, 11) is 0. The SMILES string of the molecule is O=C(NC1(Cc2ccccc2)CC1)C1CNCCN1c1ccc(OCCOc2cc(F)ccc2F)cc1. The van der Waals surface area contributed by atoms with Crippen LogP contribution in [0, 0.1) is 11.6 Å². The van der Waals surface area contributed by atoms with E-state index in [1.165, 1.54) is 5.56 Å². The van der Waals surface area contributed by atoms with Crippen LogP contribution in [0.25, 0.3) is 0 Å². The van der Waals surface area contributed by atoms with Crippen molar-refractivity contribution in [2.24, 2.45) is 0 Å². The second-order valence-corrected chi connectivity index (χ2v) is 9.61. The van der Waals surface area contributed by atoms with E-state index in [-0.39, 0.29) is 36.5 Å². The molecule has 37 heavy (non-hydrogen) atoms. The average Bonchev–Trinajstić information content (AvgIpc) is 3.67. The molecule has 1 atom stereocenters. The summed E-state index contributed by atoms with van der Waals surface area (Å²) in [5.41, 5.74) is 2.04. The van der Waals surface area contributed by atoms with Gasteiger partial charge in [-0.15, -0.1) is 0 Å². The molecule has 5 rings (SSSR count). The van der Waals surface area contributed by atoms with Crippen molar-refractivity contribution in [1.82, 2.24) is 10.6 Å². The zero-order valence-corrected chi connectivity index (χ0v) is 20.6. The van der Waals surface area contributed by atoms with Gasteiger partial charge >= 0.3 is 0 Å². The molecule has 0 radical (unpaired) electrons. The monoisotopic (exact) mass is 507 g/mol. The first-order chi connectivity index (χ1) is 18.0. The minimum absolute atomic E-state index is 0.0442. The third-order valence-corrected chi connectivity index (χ3v) is 6.84. The Hall–Kier alpha value is -3.65. The van der Waals surface area contributed by atoms with Crippen molar-refractivity contribution in [1.29, 1.82) is 0 Å². The van der Waals surface area contributed by atoms with Gasteiger partial charge in [0.2, 0.25) is 5.91 Å². The third-order valence-electron chi connectivity index (χ3n) is 6.84. The Bertz CT molecular complexity index is 1200. The summed E-state index contributed by atoms with van der Waals surface area (Å²) < 4.78 is 37.9. The summed E-state index contributed by atoms with van der Waals surface area (Å²) in [6.45, 7) is 2.35. The Kier molecular flexibility index (Phi) is 7.55. The minimum atomic E-state index is -0.618. The fraction of sp³-hybridized carbons (Fsp3) is 0.345. The molecule has 8 heteroatoms. The van der Waals surface area contributed by atoms with Crippen LogP contribution >= 0.6 is 0 Å². The molecule has 194 valence electrons. The molecular weight excluding hydrogens is 476 g/mol. The number of carbonyl (C=O) groups is 1. The summed E-state index contributed by atoms with van der Waals surface area (Å²) in [5.74, 6) is -0.645. The Morgan fingerprint density at radius 1 is 1.00 bits per heavy atom. The van der Waals surface area contributed by atoms with E-state index >= 15 is 0 Å². The fourth-order valence-electron chi connectivity index (χ4n) is 4.71. The van der Waals surface area contributed by atoms with Gasteiger partial charge in [-0.25, -0.2) is 8.78 Å². The smallest absolute Gasteiger partial charge is 0.244 e. The van der Waals surface area contributed by atoms with Crippen LogP contribution in [0.2, 0.25) is 0 Å². The number of nitrogens with zero attached hydrogens (tertiary/aromatic N) is 1. The number of nitrogens with one attached hydrogen (secondary N) is 2. The highest BCUT2D eigenvalue weighted by molar-refractivity contribution is 5.87. The number of hydrogen-bond donors (Lipinski definition) is 2. The molecule has 3 aromatic carbocycles. The van der Waals surface area contributed by atoms with E-state index in [1.807, 2.05) is 42.5 Å². The molecule has 1 saturated carbocycles. The van der Waals surface area contributed by atoms with Crippen molar-refractivity contribution in [2.45, 2.75) is 30.8 Å². The zero-order chi connectivity index (χ0) is 25.7. The van der Waals surface area contributed by atoms with Gasteiger partial charge in [0.1, 0.15) is 30.8 Å². The Morgan fingerprint density at radius 3 is 2.51 bits per heavy atom. The van der Waals surface area contributed by atoms with Crippen molar-refractivity contribution in [3.8, 4) is 11.5 Å². The minimum Gasteiger partial charge on any atom is -0.490 e. The standard InChI is InChI=1S/C29H31F2N3O3/c30-22-6-11-25(31)27(18-22)37-17-16-36-24-9-7-23(8-10-24)34-15-14-32-20-26(34)28(35)33-29(12-13-29)19-21-4-2-1-3-5-21/h1-11,18,26,32H,12-17,19-20H2,(H,33,35). The maximum absolute atomic E-state index is 13.7. The highest BCUT2D eigenvalue weighted by atomic mass is 19.1. The predicted molar refractivity (Wildman–Crippen MR) is 138 cm³/mol. The number of halogens is 2. The van der Waals surface area contributed by atoms with Gasteiger partial charge in [0.15, 0.2) is 11.6 Å². The van der Waals surface area contributed by atoms with E-state index in [1.54, 1.807) is 0 Å². The lowest BCUT2D eigenvalue weighted by atomic mass is 10.0. The van der Waals surface area contributed by atoms with Crippen molar-refractivity contribution in [3.05, 3.63) is 90.0 Å². The second-order valence-electron chi connectivity index (χ2n) is 9.61. The van der Waals surface area contributed by atoms with Gasteiger partial charge in [-0.3, -0.25) is 4.79 Å². The average molecular weight is 508 g/mol. The van der Waals surface area contributed by atoms with Crippen LogP contribution in [0.4, 0.5) is 14.5 Å². The number of carbonyl (C=O) groups excluding carboxylic acids is 1. The highest BCUT2D eigenvalue weighted by Gasteiger charge is 2.45. The maximum atomic E-state index is 13.7. The van der Waals surface area contributed by atoms with Crippen LogP contribution in [0.5, 0.6) is 11.5 Å². The van der Waals surface area contributed by atoms with Gasteiger partial charge in [0, 0.05) is 36.9 Å². The predicted octanol–water partition coefficient (Wildman–Crippen LogP) is 4.09. The fourth-order valence-corrected chi connectivity index (χ4v) is 4.71. The largest absolute Gasteiger partial charge is 0.490 e. The Morgan fingerprint density at radius 2 is 1.76 bits per heavy atom. The number of amides is 1. The van der Waals surface area contributed by atoms with Gasteiger partial charge in [-0.1, -0.05) is 30.3 Å². The van der Waals surface area contributed by atoms with Crippen LogP contribution in [-0.4, -0.2) is 50.3 Å². The van der Waals surface area contributed by atoms with E-state index in [9.17, 15) is 13.6 Å². The molecule has 0 bridgehead atoms. The molecule has 3 aromatic rings. The van der Waals surface area contributed by atoms with E-state index in [2.05, 4.69) is 27.7 Å². The lowest BCUT2D eigenvalue weighted by molar-refractivity contribution is -0.123. The highest BCUT2D eigenvalue weighted by Crippen LogP contribution is 2.39. The normalized spacial score (nSPS) is 18.2. The van der Waals surface area contributed by atoms with Crippen LogP contribution in [0.15, 0.2) is 72.8 Å². The van der Waals surface area contributed by atoms with Gasteiger partial charge in [-0.05, 0) is 61.2 Å². The third kappa shape index (κ3) is 6.38. The number of rotatable bonds is 10. The van der Waals surface area contributed by atoms with Crippen LogP contribution in [0.1, 0.15) is 18.4 Å². The number of ether oxygens (including phenoxy) is 2. The molecule has 0 spiro atoms. The zero-order valence-electron chi connectivity index (χ0n) is 20.6. The molecule has 1 aliphatic carbocycles. The first-order valence-corrected chi connectivity index (χ1v) is 12.7. The van der Waals surface area contributed by atoms with E-state index in [0.29, 0.717) is 12.3 Å². The van der Waals surface area contributed by atoms with Gasteiger partial charge in [0.05, 0.1) is 0 Å². The number of anilines is 1. The molecule has 1 unspecified atom stereocenters. The van der Waals surface area contributed by atoms with Gasteiger partial charge in [-0.2, -0.15) is 0 Å². The lowest BCUT2D eigenvalue weighted by Crippen LogP contribution is -2.60. The molecule has 1 aliphatic heterocycles. The topological polar surface area (TPSA) is 62.8 Å². The number of benzene rings is 3. The van der Waals surface area contributed by atoms with E-state index in [0.717, 1.165) is 56.2 Å². The Labute approximate surface area is 215 Å². The quantitative estimate of drug-likeness (QED) is 0.405. The van der Waals surface area contributed by atoms with E-state index < -0.39 is 11.6 Å². The van der Waals surface area contributed by atoms with Crippen molar-refractivity contribution < 1.29 is 23.0 Å². The first kappa shape index (κ1) is 25.0. The molecule has 1 saturated heterocycles. The van der Waals surface area contributed by atoms with Crippen LogP contribution < -0.4 is 25.0 Å². The lowest BCUT2D eigenvalue weighted by Gasteiger charge is -2.38. The summed E-state index contributed by atoms with van der Waals surface area (Å²) in [5, 5.41) is 6.69. The maximum Gasteiger partial charge on any atom is 0.244 e. The van der Waals surface area contributed by atoms with Crippen molar-refractivity contribution in [3.63, 3.8) is 0 Å². The molecule has 0 aromatic heterocycles. The van der Waals surface area contributed by atoms with Crippen LogP contribution in [-0.2, 0) is 11.2 Å². The summed E-state index contributed by atoms with van der Waals surface area (Å²) in [4.78, 5) is 15.5. The van der Waals surface area contributed by atoms with Crippen molar-refractivity contribution >= 4 is 11.6 Å².